The third-order valence-corrected chi connectivity index (χ3v) is 1.45. The lowest BCUT2D eigenvalue weighted by atomic mass is 10.1. The molecule has 0 bridgehead atoms. The Bertz CT molecular complexity index is 259. The van der Waals surface area contributed by atoms with Crippen LogP contribution in [0.4, 0.5) is 0 Å². The summed E-state index contributed by atoms with van der Waals surface area (Å²) in [6.07, 6.45) is 1.43. The van der Waals surface area contributed by atoms with E-state index in [1.54, 1.807) is 0 Å². The molecule has 0 aliphatic carbocycles. The maximum atomic E-state index is 8.27. The Hall–Kier alpha value is -1.31. The first-order valence-electron chi connectivity index (χ1n) is 3.48. The number of benzene rings is 1. The molecular weight excluding hydrogens is 138 g/mol. The Morgan fingerprint density at radius 1 is 1.18 bits per heavy atom. The normalized spacial score (nSPS) is 10.7. The smallest absolute Gasteiger partial charge is 0.0734 e. The molecule has 11 heavy (non-hydrogen) atoms. The van der Waals surface area contributed by atoms with E-state index < -0.39 is 0 Å². The van der Waals surface area contributed by atoms with Crippen molar-refractivity contribution < 1.29 is 5.21 Å². The highest BCUT2D eigenvalue weighted by atomic mass is 16.4. The van der Waals surface area contributed by atoms with Crippen LogP contribution < -0.4 is 0 Å². The molecule has 0 saturated heterocycles. The minimum atomic E-state index is 0.935. The van der Waals surface area contributed by atoms with Gasteiger partial charge in [-0.1, -0.05) is 34.5 Å². The van der Waals surface area contributed by atoms with Crippen LogP contribution in [0.1, 0.15) is 16.7 Å². The molecule has 1 aromatic rings. The molecule has 0 spiro atoms. The van der Waals surface area contributed by atoms with Gasteiger partial charge >= 0.3 is 0 Å². The molecule has 0 unspecified atom stereocenters. The summed E-state index contributed by atoms with van der Waals surface area (Å²) in [6.45, 7) is 4.03. The van der Waals surface area contributed by atoms with E-state index in [-0.39, 0.29) is 0 Å². The van der Waals surface area contributed by atoms with E-state index in [9.17, 15) is 0 Å². The lowest BCUT2D eigenvalue weighted by Gasteiger charge is -1.97. The molecule has 1 aromatic carbocycles. The zero-order valence-corrected chi connectivity index (χ0v) is 6.70. The second kappa shape index (κ2) is 3.19. The maximum absolute atomic E-state index is 8.27. The van der Waals surface area contributed by atoms with Crippen LogP contribution in [0.25, 0.3) is 0 Å². The largest absolute Gasteiger partial charge is 0.411 e. The minimum Gasteiger partial charge on any atom is -0.411 e. The Labute approximate surface area is 66.2 Å². The van der Waals surface area contributed by atoms with Crippen molar-refractivity contribution in [2.45, 2.75) is 13.8 Å². The second-order valence-electron chi connectivity index (χ2n) is 2.67. The lowest BCUT2D eigenvalue weighted by Crippen LogP contribution is -1.84. The molecule has 2 heteroatoms. The molecule has 0 fully saturated rings. The first-order chi connectivity index (χ1) is 5.22. The Balaban J connectivity index is 3.08. The molecule has 1 rings (SSSR count). The molecule has 1 N–H and O–H groups in total. The van der Waals surface area contributed by atoms with Crippen molar-refractivity contribution in [1.82, 2.24) is 0 Å². The van der Waals surface area contributed by atoms with E-state index in [4.69, 9.17) is 5.21 Å². The summed E-state index contributed by atoms with van der Waals surface area (Å²) in [5, 5.41) is 11.2. The SMILES string of the molecule is Cc1cc(C)cc(/C=N/O)c1. The van der Waals surface area contributed by atoms with E-state index in [1.807, 2.05) is 26.0 Å². The average molecular weight is 149 g/mol. The van der Waals surface area contributed by atoms with E-state index in [0.717, 1.165) is 5.56 Å². The second-order valence-corrected chi connectivity index (χ2v) is 2.67. The highest BCUT2D eigenvalue weighted by molar-refractivity contribution is 5.79. The Morgan fingerprint density at radius 2 is 1.73 bits per heavy atom. The van der Waals surface area contributed by atoms with E-state index >= 15 is 0 Å². The monoisotopic (exact) mass is 149 g/mol. The number of hydrogen-bond acceptors (Lipinski definition) is 2. The first kappa shape index (κ1) is 7.79. The summed E-state index contributed by atoms with van der Waals surface area (Å²) in [7, 11) is 0. The van der Waals surface area contributed by atoms with Crippen LogP contribution in [-0.2, 0) is 0 Å². The van der Waals surface area contributed by atoms with Gasteiger partial charge in [-0.05, 0) is 19.4 Å². The van der Waals surface area contributed by atoms with Crippen molar-refractivity contribution in [2.75, 3.05) is 0 Å². The number of hydrogen-bond donors (Lipinski definition) is 1. The van der Waals surface area contributed by atoms with Crippen LogP contribution in [0.15, 0.2) is 23.4 Å². The standard InChI is InChI=1S/C9H11NO/c1-7-3-8(2)5-9(4-7)6-10-11/h3-6,11H,1-2H3/b10-6+. The molecule has 0 aromatic heterocycles. The predicted octanol–water partition coefficient (Wildman–Crippen LogP) is 2.11. The highest BCUT2D eigenvalue weighted by Gasteiger charge is 1.91. The van der Waals surface area contributed by atoms with Crippen LogP contribution in [0.3, 0.4) is 0 Å². The summed E-state index contributed by atoms with van der Waals surface area (Å²) in [4.78, 5) is 0. The molecule has 0 saturated carbocycles. The predicted molar refractivity (Wildman–Crippen MR) is 45.3 cm³/mol. The number of rotatable bonds is 1. The highest BCUT2D eigenvalue weighted by Crippen LogP contribution is 2.06. The van der Waals surface area contributed by atoms with Gasteiger partial charge in [0, 0.05) is 0 Å². The summed E-state index contributed by atoms with van der Waals surface area (Å²) in [5.74, 6) is 0. The molecular formula is C9H11NO. The van der Waals surface area contributed by atoms with Gasteiger partial charge in [-0.3, -0.25) is 0 Å². The summed E-state index contributed by atoms with van der Waals surface area (Å²) < 4.78 is 0. The fourth-order valence-corrected chi connectivity index (χ4v) is 1.15. The molecule has 0 heterocycles. The van der Waals surface area contributed by atoms with Crippen molar-refractivity contribution in [2.24, 2.45) is 5.16 Å². The topological polar surface area (TPSA) is 32.6 Å². The Morgan fingerprint density at radius 3 is 2.18 bits per heavy atom. The number of oxime groups is 1. The number of nitrogens with zero attached hydrogens (tertiary/aromatic N) is 1. The number of aryl methyl sites for hydroxylation is 2. The summed E-state index contributed by atoms with van der Waals surface area (Å²) >= 11 is 0. The lowest BCUT2D eigenvalue weighted by molar-refractivity contribution is 0.322. The quantitative estimate of drug-likeness (QED) is 0.370. The van der Waals surface area contributed by atoms with Crippen LogP contribution in [-0.4, -0.2) is 11.4 Å². The van der Waals surface area contributed by atoms with Gasteiger partial charge in [0.2, 0.25) is 0 Å². The fourth-order valence-electron chi connectivity index (χ4n) is 1.15. The van der Waals surface area contributed by atoms with E-state index in [2.05, 4.69) is 11.2 Å². The van der Waals surface area contributed by atoms with Gasteiger partial charge in [-0.25, -0.2) is 0 Å². The van der Waals surface area contributed by atoms with Crippen molar-refractivity contribution in [1.29, 1.82) is 0 Å². The van der Waals surface area contributed by atoms with Gasteiger partial charge < -0.3 is 5.21 Å². The summed E-state index contributed by atoms with van der Waals surface area (Å²) in [5.41, 5.74) is 3.30. The third kappa shape index (κ3) is 2.08. The van der Waals surface area contributed by atoms with Crippen LogP contribution in [0.2, 0.25) is 0 Å². The van der Waals surface area contributed by atoms with E-state index in [1.165, 1.54) is 17.3 Å². The molecule has 0 aliphatic heterocycles. The van der Waals surface area contributed by atoms with E-state index in [0.29, 0.717) is 0 Å². The molecule has 58 valence electrons. The minimum absolute atomic E-state index is 0.935. The van der Waals surface area contributed by atoms with Crippen LogP contribution >= 0.6 is 0 Å². The van der Waals surface area contributed by atoms with Crippen LogP contribution in [0.5, 0.6) is 0 Å². The molecule has 0 aliphatic rings. The van der Waals surface area contributed by atoms with Gasteiger partial charge in [0.25, 0.3) is 0 Å². The van der Waals surface area contributed by atoms with Crippen molar-refractivity contribution in [3.63, 3.8) is 0 Å². The fraction of sp³-hybridized carbons (Fsp3) is 0.222. The molecule has 0 amide bonds. The van der Waals surface area contributed by atoms with Crippen LogP contribution in [0, 0.1) is 13.8 Å². The average Bonchev–Trinajstić information content (AvgIpc) is 1.85. The van der Waals surface area contributed by atoms with Gasteiger partial charge in [-0.2, -0.15) is 0 Å². The molecule has 0 atom stereocenters. The van der Waals surface area contributed by atoms with Crippen molar-refractivity contribution in [3.05, 3.63) is 34.9 Å². The van der Waals surface area contributed by atoms with Crippen molar-refractivity contribution >= 4 is 6.21 Å². The zero-order valence-electron chi connectivity index (χ0n) is 6.70. The summed E-state index contributed by atoms with van der Waals surface area (Å²) in [6, 6.07) is 6.01. The van der Waals surface area contributed by atoms with Gasteiger partial charge in [0.1, 0.15) is 0 Å². The third-order valence-electron chi connectivity index (χ3n) is 1.45. The Kier molecular flexibility index (Phi) is 2.26. The first-order valence-corrected chi connectivity index (χ1v) is 3.48. The zero-order chi connectivity index (χ0) is 8.27. The molecule has 0 radical (unpaired) electrons. The van der Waals surface area contributed by atoms with Gasteiger partial charge in [0.15, 0.2) is 0 Å². The maximum Gasteiger partial charge on any atom is 0.0734 e. The van der Waals surface area contributed by atoms with Gasteiger partial charge in [-0.15, -0.1) is 0 Å². The van der Waals surface area contributed by atoms with Crippen molar-refractivity contribution in [3.8, 4) is 0 Å². The van der Waals surface area contributed by atoms with Gasteiger partial charge in [0.05, 0.1) is 6.21 Å². The molecule has 2 nitrogen and oxygen atoms in total.